The fraction of sp³-hybridized carbons (Fsp3) is 0.500. The van der Waals surface area contributed by atoms with Crippen molar-refractivity contribution in [1.29, 1.82) is 0 Å². The Hall–Kier alpha value is -2.38. The second-order valence-electron chi connectivity index (χ2n) is 7.90. The van der Waals surface area contributed by atoms with E-state index >= 15 is 0 Å². The molecule has 4 atom stereocenters. The van der Waals surface area contributed by atoms with Gasteiger partial charge in [-0.25, -0.2) is 4.98 Å². The molecule has 29 heavy (non-hydrogen) atoms. The first-order chi connectivity index (χ1) is 14.1. The van der Waals surface area contributed by atoms with E-state index in [9.17, 15) is 9.50 Å². The summed E-state index contributed by atoms with van der Waals surface area (Å²) in [6.45, 7) is 2.62. The first kappa shape index (κ1) is 19.9. The summed E-state index contributed by atoms with van der Waals surface area (Å²) in [5.41, 5.74) is 0.501. The minimum absolute atomic E-state index is 0.242. The minimum atomic E-state index is -0.860. The second kappa shape index (κ2) is 8.55. The number of hydrogen-bond acceptors (Lipinski definition) is 6. The Morgan fingerprint density at radius 3 is 2.31 bits per heavy atom. The zero-order valence-electron chi connectivity index (χ0n) is 16.8. The number of nitrogens with zero attached hydrogens (tertiary/aromatic N) is 2. The molecule has 2 aromatic rings. The SMILES string of the molecule is COc1ccc(OC2C[C@@H]3CN(CC(OC)c4ccc(O)c(F)n4)C[C@@H]3C2)cc1. The highest BCUT2D eigenvalue weighted by molar-refractivity contribution is 5.31. The highest BCUT2D eigenvalue weighted by Crippen LogP contribution is 2.40. The topological polar surface area (TPSA) is 64.1 Å². The van der Waals surface area contributed by atoms with Gasteiger partial charge in [0.25, 0.3) is 5.95 Å². The maximum Gasteiger partial charge on any atom is 0.255 e. The number of rotatable bonds is 7. The number of pyridine rings is 1. The highest BCUT2D eigenvalue weighted by Gasteiger charge is 2.42. The third-order valence-corrected chi connectivity index (χ3v) is 6.03. The van der Waals surface area contributed by atoms with Gasteiger partial charge in [-0.3, -0.25) is 4.90 Å². The summed E-state index contributed by atoms with van der Waals surface area (Å²) in [5.74, 6) is 1.60. The van der Waals surface area contributed by atoms with Gasteiger partial charge in [0, 0.05) is 26.7 Å². The monoisotopic (exact) mass is 402 g/mol. The predicted octanol–water partition coefficient (Wildman–Crippen LogP) is 3.41. The van der Waals surface area contributed by atoms with Crippen LogP contribution in [-0.4, -0.2) is 54.9 Å². The van der Waals surface area contributed by atoms with Crippen molar-refractivity contribution in [2.75, 3.05) is 33.9 Å². The number of benzene rings is 1. The molecule has 6 nitrogen and oxygen atoms in total. The van der Waals surface area contributed by atoms with Crippen LogP contribution in [0.15, 0.2) is 36.4 Å². The molecule has 0 amide bonds. The quantitative estimate of drug-likeness (QED) is 0.716. The lowest BCUT2D eigenvalue weighted by Gasteiger charge is -2.24. The molecular formula is C22H27FN2O4. The van der Waals surface area contributed by atoms with Gasteiger partial charge in [0.05, 0.1) is 18.9 Å². The first-order valence-corrected chi connectivity index (χ1v) is 9.97. The van der Waals surface area contributed by atoms with E-state index in [4.69, 9.17) is 14.2 Å². The summed E-state index contributed by atoms with van der Waals surface area (Å²) < 4.78 is 30.5. The second-order valence-corrected chi connectivity index (χ2v) is 7.90. The van der Waals surface area contributed by atoms with E-state index in [1.807, 2.05) is 24.3 Å². The van der Waals surface area contributed by atoms with Crippen LogP contribution < -0.4 is 9.47 Å². The Morgan fingerprint density at radius 1 is 1.07 bits per heavy atom. The van der Waals surface area contributed by atoms with E-state index in [2.05, 4.69) is 9.88 Å². The van der Waals surface area contributed by atoms with Gasteiger partial charge in [-0.15, -0.1) is 0 Å². The normalized spacial score (nSPS) is 25.0. The molecule has 7 heteroatoms. The van der Waals surface area contributed by atoms with Gasteiger partial charge in [-0.1, -0.05) is 0 Å². The van der Waals surface area contributed by atoms with Crippen molar-refractivity contribution in [3.63, 3.8) is 0 Å². The summed E-state index contributed by atoms with van der Waals surface area (Å²) in [6.07, 6.45) is 2.00. The molecule has 156 valence electrons. The first-order valence-electron chi connectivity index (χ1n) is 9.97. The van der Waals surface area contributed by atoms with Crippen LogP contribution in [-0.2, 0) is 4.74 Å². The van der Waals surface area contributed by atoms with Crippen LogP contribution in [0.5, 0.6) is 17.2 Å². The van der Waals surface area contributed by atoms with E-state index in [-0.39, 0.29) is 12.2 Å². The van der Waals surface area contributed by atoms with E-state index in [0.29, 0.717) is 24.1 Å². The maximum atomic E-state index is 13.6. The molecule has 1 aromatic carbocycles. The summed E-state index contributed by atoms with van der Waals surface area (Å²) >= 11 is 0. The van der Waals surface area contributed by atoms with E-state index in [0.717, 1.165) is 37.4 Å². The number of hydrogen-bond donors (Lipinski definition) is 1. The largest absolute Gasteiger partial charge is 0.504 e. The molecule has 2 heterocycles. The fourth-order valence-electron chi connectivity index (χ4n) is 4.58. The van der Waals surface area contributed by atoms with Crippen molar-refractivity contribution in [1.82, 2.24) is 9.88 Å². The van der Waals surface area contributed by atoms with Gasteiger partial charge < -0.3 is 19.3 Å². The van der Waals surface area contributed by atoms with E-state index in [1.54, 1.807) is 20.3 Å². The summed E-state index contributed by atoms with van der Waals surface area (Å²) in [7, 11) is 3.26. The molecule has 2 fully saturated rings. The summed E-state index contributed by atoms with van der Waals surface area (Å²) in [5, 5.41) is 9.34. The predicted molar refractivity (Wildman–Crippen MR) is 106 cm³/mol. The third-order valence-electron chi connectivity index (χ3n) is 6.03. The van der Waals surface area contributed by atoms with Gasteiger partial charge in [0.15, 0.2) is 5.75 Å². The van der Waals surface area contributed by atoms with Crippen LogP contribution in [0, 0.1) is 17.8 Å². The molecule has 4 rings (SSSR count). The molecule has 1 saturated heterocycles. The lowest BCUT2D eigenvalue weighted by atomic mass is 10.0. The molecule has 2 unspecified atom stereocenters. The molecule has 1 saturated carbocycles. The molecule has 2 aliphatic rings. The Bertz CT molecular complexity index is 818. The number of aromatic hydroxyl groups is 1. The smallest absolute Gasteiger partial charge is 0.255 e. The zero-order valence-corrected chi connectivity index (χ0v) is 16.8. The average Bonchev–Trinajstić information content (AvgIpc) is 3.26. The highest BCUT2D eigenvalue weighted by atomic mass is 19.1. The van der Waals surface area contributed by atoms with Crippen LogP contribution in [0.2, 0.25) is 0 Å². The van der Waals surface area contributed by atoms with Gasteiger partial charge in [-0.05, 0) is 61.1 Å². The van der Waals surface area contributed by atoms with Gasteiger partial charge in [0.1, 0.15) is 17.6 Å². The number of aromatic nitrogens is 1. The number of fused-ring (bicyclic) bond motifs is 1. The molecule has 0 radical (unpaired) electrons. The Balaban J connectivity index is 1.30. The van der Waals surface area contributed by atoms with E-state index in [1.165, 1.54) is 6.07 Å². The number of halogens is 1. The molecule has 1 N–H and O–H groups in total. The van der Waals surface area contributed by atoms with Gasteiger partial charge in [-0.2, -0.15) is 4.39 Å². The number of likely N-dealkylation sites (tertiary alicyclic amines) is 1. The lowest BCUT2D eigenvalue weighted by Crippen LogP contribution is -2.30. The maximum absolute atomic E-state index is 13.6. The number of ether oxygens (including phenoxy) is 3. The van der Waals surface area contributed by atoms with Crippen LogP contribution in [0.25, 0.3) is 0 Å². The van der Waals surface area contributed by atoms with Crippen LogP contribution >= 0.6 is 0 Å². The minimum Gasteiger partial charge on any atom is -0.504 e. The van der Waals surface area contributed by atoms with Gasteiger partial charge >= 0.3 is 0 Å². The third kappa shape index (κ3) is 4.46. The van der Waals surface area contributed by atoms with Crippen molar-refractivity contribution < 1.29 is 23.7 Å². The standard InChI is InChI=1S/C22H27FN2O4/c1-27-16-3-5-17(6-4-16)29-18-9-14-11-25(12-15(14)10-18)13-21(28-2)19-7-8-20(26)22(23)24-19/h3-8,14-15,18,21,26H,9-13H2,1-2H3/t14-,15+,18?,21?. The van der Waals surface area contributed by atoms with Crippen molar-refractivity contribution in [2.45, 2.75) is 25.0 Å². The number of methoxy groups -OCH3 is 2. The Labute approximate surface area is 170 Å². The zero-order chi connectivity index (χ0) is 20.4. The Morgan fingerprint density at radius 2 is 1.72 bits per heavy atom. The molecule has 1 aliphatic carbocycles. The fourth-order valence-corrected chi connectivity index (χ4v) is 4.58. The van der Waals surface area contributed by atoms with Crippen LogP contribution in [0.4, 0.5) is 4.39 Å². The average molecular weight is 402 g/mol. The molecule has 0 spiro atoms. The van der Waals surface area contributed by atoms with Crippen molar-refractivity contribution in [3.05, 3.63) is 48.0 Å². The molecule has 0 bridgehead atoms. The van der Waals surface area contributed by atoms with Crippen molar-refractivity contribution in [3.8, 4) is 17.2 Å². The Kier molecular flexibility index (Phi) is 5.87. The van der Waals surface area contributed by atoms with E-state index < -0.39 is 11.7 Å². The molecule has 1 aromatic heterocycles. The van der Waals surface area contributed by atoms with Crippen molar-refractivity contribution >= 4 is 0 Å². The molecule has 1 aliphatic heterocycles. The van der Waals surface area contributed by atoms with Crippen LogP contribution in [0.1, 0.15) is 24.6 Å². The molecular weight excluding hydrogens is 375 g/mol. The lowest BCUT2D eigenvalue weighted by molar-refractivity contribution is 0.0631. The van der Waals surface area contributed by atoms with Crippen molar-refractivity contribution in [2.24, 2.45) is 11.8 Å². The summed E-state index contributed by atoms with van der Waals surface area (Å²) in [4.78, 5) is 6.19. The van der Waals surface area contributed by atoms with Gasteiger partial charge in [0.2, 0.25) is 0 Å². The summed E-state index contributed by atoms with van der Waals surface area (Å²) in [6, 6.07) is 10.7. The van der Waals surface area contributed by atoms with Crippen LogP contribution in [0.3, 0.4) is 0 Å².